The molecule has 0 aliphatic rings. The maximum absolute atomic E-state index is 11.4. The molecule has 0 fully saturated rings. The lowest BCUT2D eigenvalue weighted by Crippen LogP contribution is -2.41. The summed E-state index contributed by atoms with van der Waals surface area (Å²) >= 11 is 13.1. The molecule has 454 valence electrons. The third-order valence-corrected chi connectivity index (χ3v) is 17.5. The molecule has 13 heteroatoms. The quantitative estimate of drug-likeness (QED) is 0.0170. The topological polar surface area (TPSA) is 147 Å². The van der Waals surface area contributed by atoms with E-state index in [9.17, 15) is 23.2 Å². The van der Waals surface area contributed by atoms with Crippen LogP contribution in [-0.4, -0.2) is 54.9 Å². The highest BCUT2D eigenvalue weighted by molar-refractivity contribution is 7.85. The second-order valence-electron chi connectivity index (χ2n) is 23.6. The highest BCUT2D eigenvalue weighted by atomic mass is 35.5. The van der Waals surface area contributed by atoms with E-state index < -0.39 is 15.0 Å². The zero-order chi connectivity index (χ0) is 59.6. The predicted molar refractivity (Wildman–Crippen MR) is 350 cm³/mol. The van der Waals surface area contributed by atoms with Crippen LogP contribution in [0.15, 0.2) is 128 Å². The Hall–Kier alpha value is -4.91. The molecule has 10 nitrogen and oxygen atoms in total. The van der Waals surface area contributed by atoms with E-state index in [0.717, 1.165) is 28.0 Å². The van der Waals surface area contributed by atoms with Gasteiger partial charge in [0.2, 0.25) is 0 Å². The molecule has 0 atom stereocenters. The fraction of sp³-hybridized carbons (Fsp3) is 0.543. The highest BCUT2D eigenvalue weighted by Gasteiger charge is 2.15. The summed E-state index contributed by atoms with van der Waals surface area (Å²) in [7, 11) is 0.292. The summed E-state index contributed by atoms with van der Waals surface area (Å²) in [6, 6.07) is 27.8. The molecule has 0 aliphatic carbocycles. The Morgan fingerprint density at radius 2 is 0.759 bits per heavy atom. The fourth-order valence-corrected chi connectivity index (χ4v) is 11.9. The van der Waals surface area contributed by atoms with Gasteiger partial charge < -0.3 is 19.2 Å². The molecule has 0 amide bonds. The largest absolute Gasteiger partial charge is 0.744 e. The van der Waals surface area contributed by atoms with Crippen molar-refractivity contribution in [2.24, 2.45) is 20.5 Å². The number of rotatable bonds is 40. The first kappa shape index (κ1) is 68.9. The molecule has 0 radical (unpaired) electrons. The molecule has 6 aromatic rings. The SMILES string of the molecule is CCCCCCCCCCCCCCCCCC[N+](C)(C)CCCCCCCCCCCCCCCCCC.O=S(=O)([O-])c1ccc2c(N=Nc3ccc(-c4ccc(N=Nc5c(O)ccc6ccccc56)c(Cl)c4)cc3Cl)c(O)ccc2c1. The number of hydrogen-bond acceptors (Lipinski definition) is 9. The van der Waals surface area contributed by atoms with Gasteiger partial charge in [0.25, 0.3) is 0 Å². The molecule has 2 N–H and O–H groups in total. The van der Waals surface area contributed by atoms with E-state index in [1.807, 2.05) is 24.3 Å². The number of quaternary nitrogens is 1. The van der Waals surface area contributed by atoms with Crippen molar-refractivity contribution >= 4 is 77.6 Å². The van der Waals surface area contributed by atoms with Gasteiger partial charge in [0.05, 0.1) is 42.1 Å². The van der Waals surface area contributed by atoms with E-state index in [-0.39, 0.29) is 22.2 Å². The van der Waals surface area contributed by atoms with E-state index >= 15 is 0 Å². The summed E-state index contributed by atoms with van der Waals surface area (Å²) in [5.74, 6) is -0.180. The lowest BCUT2D eigenvalue weighted by atomic mass is 10.0. The van der Waals surface area contributed by atoms with Crippen LogP contribution in [0.5, 0.6) is 11.5 Å². The molecular weight excluding hydrogens is 1090 g/mol. The maximum atomic E-state index is 11.4. The van der Waals surface area contributed by atoms with Crippen LogP contribution in [0.25, 0.3) is 32.7 Å². The molecule has 0 aliphatic heterocycles. The minimum atomic E-state index is -4.65. The first-order valence-corrected chi connectivity index (χ1v) is 34.0. The maximum Gasteiger partial charge on any atom is 0.143 e. The van der Waals surface area contributed by atoms with Crippen molar-refractivity contribution in [3.63, 3.8) is 0 Å². The molecular formula is C70H99Cl2N5O5S. The minimum absolute atomic E-state index is 0.00609. The fourth-order valence-electron chi connectivity index (χ4n) is 10.9. The van der Waals surface area contributed by atoms with Crippen molar-refractivity contribution in [3.05, 3.63) is 113 Å². The first-order chi connectivity index (χ1) is 40.2. The van der Waals surface area contributed by atoms with Crippen LogP contribution in [0.3, 0.4) is 0 Å². The highest BCUT2D eigenvalue weighted by Crippen LogP contribution is 2.41. The number of fused-ring (bicyclic) bond motifs is 2. The molecule has 0 bridgehead atoms. The summed E-state index contributed by atoms with van der Waals surface area (Å²) in [5.41, 5.74) is 2.65. The summed E-state index contributed by atoms with van der Waals surface area (Å²) < 4.78 is 35.4. The zero-order valence-electron chi connectivity index (χ0n) is 50.9. The van der Waals surface area contributed by atoms with Crippen LogP contribution in [0, 0.1) is 0 Å². The number of phenols is 2. The monoisotopic (exact) mass is 1190 g/mol. The number of nitrogens with zero attached hydrogens (tertiary/aromatic N) is 5. The molecule has 0 aromatic heterocycles. The van der Waals surface area contributed by atoms with Crippen molar-refractivity contribution in [1.82, 2.24) is 0 Å². The Kier molecular flexibility index (Phi) is 32.3. The van der Waals surface area contributed by atoms with Gasteiger partial charge in [-0.05, 0) is 96.1 Å². The lowest BCUT2D eigenvalue weighted by Gasteiger charge is -2.30. The Labute approximate surface area is 510 Å². The Morgan fingerprint density at radius 1 is 0.410 bits per heavy atom. The standard InChI is InChI=1S/C38H80N.C32H20Cl2N4O5S/c1-5-7-9-11-13-15-17-19-21-23-25-27-29-31-33-35-37-39(3,4)38-36-34-32-30-28-26-24-22-20-18-16-14-12-10-8-6-2;33-25-16-19(5-11-27(25)35-37-31-23-4-2-1-3-18(23)7-13-29(31)39)20-6-12-28(26(34)17-20)36-38-32-24-10-9-22(44(41,42)43)15-21(24)8-14-30(32)40/h5-38H2,1-4H3;1-17,39-40H,(H,41,42,43)/q+1;/p-1. The van der Waals surface area contributed by atoms with E-state index in [2.05, 4.69) is 48.4 Å². The van der Waals surface area contributed by atoms with Gasteiger partial charge in [-0.1, -0.05) is 271 Å². The van der Waals surface area contributed by atoms with Crippen LogP contribution in [0.2, 0.25) is 10.0 Å². The number of unbranched alkanes of at least 4 members (excludes halogenated alkanes) is 30. The van der Waals surface area contributed by atoms with Gasteiger partial charge in [-0.2, -0.15) is 0 Å². The Bertz CT molecular complexity index is 2960. The van der Waals surface area contributed by atoms with Gasteiger partial charge in [-0.3, -0.25) is 0 Å². The summed E-state index contributed by atoms with van der Waals surface area (Å²) in [6.45, 7) is 7.39. The number of hydrogen-bond donors (Lipinski definition) is 2. The van der Waals surface area contributed by atoms with Gasteiger partial charge in [-0.15, -0.1) is 20.5 Å². The van der Waals surface area contributed by atoms with E-state index in [1.54, 1.807) is 48.5 Å². The average Bonchev–Trinajstić information content (AvgIpc) is 3.67. The number of benzene rings is 6. The normalized spacial score (nSPS) is 12.1. The van der Waals surface area contributed by atoms with Gasteiger partial charge >= 0.3 is 0 Å². The number of azo groups is 2. The van der Waals surface area contributed by atoms with Crippen LogP contribution in [-0.2, 0) is 10.1 Å². The smallest absolute Gasteiger partial charge is 0.143 e. The number of phenolic OH excluding ortho intramolecular Hbond substituents is 2. The average molecular weight is 1190 g/mol. The van der Waals surface area contributed by atoms with Crippen LogP contribution < -0.4 is 0 Å². The van der Waals surface area contributed by atoms with Crippen LogP contribution in [0.1, 0.15) is 219 Å². The minimum Gasteiger partial charge on any atom is -0.744 e. The van der Waals surface area contributed by atoms with Crippen molar-refractivity contribution < 1.29 is 27.7 Å². The molecule has 0 unspecified atom stereocenters. The van der Waals surface area contributed by atoms with E-state index in [1.165, 1.54) is 247 Å². The number of aromatic hydroxyl groups is 2. The van der Waals surface area contributed by atoms with Gasteiger partial charge in [-0.25, -0.2) is 8.42 Å². The third kappa shape index (κ3) is 26.1. The summed E-state index contributed by atoms with van der Waals surface area (Å²) in [5, 5.41) is 40.7. The third-order valence-electron chi connectivity index (χ3n) is 16.1. The molecule has 6 rings (SSSR count). The Balaban J connectivity index is 0.000000307. The second kappa shape index (κ2) is 38.9. The zero-order valence-corrected chi connectivity index (χ0v) is 53.2. The molecule has 6 aromatic carbocycles. The second-order valence-corrected chi connectivity index (χ2v) is 25.8. The van der Waals surface area contributed by atoms with Crippen molar-refractivity contribution in [3.8, 4) is 22.6 Å². The van der Waals surface area contributed by atoms with E-state index in [0.29, 0.717) is 32.9 Å². The van der Waals surface area contributed by atoms with Gasteiger partial charge in [0.1, 0.15) is 44.4 Å². The van der Waals surface area contributed by atoms with Gasteiger partial charge in [0, 0.05) is 10.8 Å². The lowest BCUT2D eigenvalue weighted by molar-refractivity contribution is -0.890. The molecule has 0 saturated heterocycles. The molecule has 0 saturated carbocycles. The van der Waals surface area contributed by atoms with E-state index in [4.69, 9.17) is 23.2 Å². The summed E-state index contributed by atoms with van der Waals surface area (Å²) in [4.78, 5) is -0.391. The molecule has 0 spiro atoms. The van der Waals surface area contributed by atoms with Crippen molar-refractivity contribution in [1.29, 1.82) is 0 Å². The van der Waals surface area contributed by atoms with Crippen LogP contribution >= 0.6 is 23.2 Å². The number of halogens is 2. The Morgan fingerprint density at radius 3 is 1.13 bits per heavy atom. The van der Waals surface area contributed by atoms with Crippen LogP contribution in [0.4, 0.5) is 22.7 Å². The molecule has 83 heavy (non-hydrogen) atoms. The predicted octanol–water partition coefficient (Wildman–Crippen LogP) is 23.7. The van der Waals surface area contributed by atoms with Crippen molar-refractivity contribution in [2.75, 3.05) is 27.2 Å². The molecule has 0 heterocycles. The summed E-state index contributed by atoms with van der Waals surface area (Å²) in [6.07, 6.45) is 46.9. The van der Waals surface area contributed by atoms with Crippen molar-refractivity contribution in [2.45, 2.75) is 224 Å². The van der Waals surface area contributed by atoms with Gasteiger partial charge in [0.15, 0.2) is 0 Å². The first-order valence-electron chi connectivity index (χ1n) is 31.9.